The van der Waals surface area contributed by atoms with Crippen molar-refractivity contribution in [1.29, 1.82) is 0 Å². The fraction of sp³-hybridized carbons (Fsp3) is 0.444. The number of aromatic nitrogens is 1. The van der Waals surface area contributed by atoms with Crippen molar-refractivity contribution >= 4 is 6.03 Å². The smallest absolute Gasteiger partial charge is 0.318 e. The third kappa shape index (κ3) is 4.23. The van der Waals surface area contributed by atoms with E-state index in [1.807, 2.05) is 37.3 Å². The Kier molecular flexibility index (Phi) is 5.42. The number of rotatable bonds is 6. The molecule has 0 bridgehead atoms. The summed E-state index contributed by atoms with van der Waals surface area (Å²) < 4.78 is 16.1. The van der Waals surface area contributed by atoms with Crippen molar-refractivity contribution in [3.05, 3.63) is 41.8 Å². The summed E-state index contributed by atoms with van der Waals surface area (Å²) >= 11 is 0. The molecule has 1 fully saturated rings. The van der Waals surface area contributed by atoms with Crippen LogP contribution in [0.3, 0.4) is 0 Å². The van der Waals surface area contributed by atoms with Crippen molar-refractivity contribution in [2.24, 2.45) is 0 Å². The highest BCUT2D eigenvalue weighted by Gasteiger charge is 2.32. The number of carbonyl (C=O) groups excluding carboxylic acids is 1. The summed E-state index contributed by atoms with van der Waals surface area (Å²) in [6.45, 7) is 3.41. The van der Waals surface area contributed by atoms with Gasteiger partial charge in [0, 0.05) is 18.7 Å². The molecule has 7 nitrogen and oxygen atoms in total. The van der Waals surface area contributed by atoms with Crippen molar-refractivity contribution < 1.29 is 18.8 Å². The number of hydrogen-bond acceptors (Lipinski definition) is 5. The Bertz CT molecular complexity index is 716. The number of benzene rings is 1. The van der Waals surface area contributed by atoms with Gasteiger partial charge >= 0.3 is 6.03 Å². The second-order valence-electron chi connectivity index (χ2n) is 5.98. The molecule has 0 aliphatic carbocycles. The lowest BCUT2D eigenvalue weighted by molar-refractivity contribution is 0.180. The molecule has 2 heterocycles. The number of hydrogen-bond donors (Lipinski definition) is 1. The van der Waals surface area contributed by atoms with Crippen LogP contribution in [0.25, 0.3) is 0 Å². The van der Waals surface area contributed by atoms with Gasteiger partial charge < -0.3 is 24.2 Å². The summed E-state index contributed by atoms with van der Waals surface area (Å²) in [6, 6.07) is 9.13. The molecule has 1 atom stereocenters. The highest BCUT2D eigenvalue weighted by molar-refractivity contribution is 5.75. The molecule has 1 aromatic heterocycles. The first-order valence-electron chi connectivity index (χ1n) is 8.42. The van der Waals surface area contributed by atoms with E-state index in [9.17, 15) is 4.79 Å². The second-order valence-corrected chi connectivity index (χ2v) is 5.98. The molecule has 1 aromatic carbocycles. The van der Waals surface area contributed by atoms with Crippen LogP contribution < -0.4 is 14.8 Å². The number of methoxy groups -OCH3 is 1. The number of ether oxygens (including phenoxy) is 2. The van der Waals surface area contributed by atoms with Gasteiger partial charge in [-0.3, -0.25) is 0 Å². The van der Waals surface area contributed by atoms with Crippen molar-refractivity contribution in [3.8, 4) is 11.5 Å². The summed E-state index contributed by atoms with van der Waals surface area (Å²) in [7, 11) is 1.61. The number of likely N-dealkylation sites (tertiary alicyclic amines) is 1. The van der Waals surface area contributed by atoms with E-state index in [-0.39, 0.29) is 12.1 Å². The van der Waals surface area contributed by atoms with Crippen LogP contribution in [-0.2, 0) is 0 Å². The lowest BCUT2D eigenvalue weighted by Gasteiger charge is -2.23. The molecule has 0 spiro atoms. The molecular formula is C18H23N3O4. The van der Waals surface area contributed by atoms with Gasteiger partial charge in [0.2, 0.25) is 0 Å². The monoisotopic (exact) mass is 345 g/mol. The summed E-state index contributed by atoms with van der Waals surface area (Å²) in [6.07, 6.45) is 1.85. The van der Waals surface area contributed by atoms with E-state index < -0.39 is 0 Å². The summed E-state index contributed by atoms with van der Waals surface area (Å²) in [5.41, 5.74) is 0.828. The zero-order chi connectivity index (χ0) is 17.6. The SMILES string of the molecule is COc1cccc(OCCNC(=O)N2CCC[C@@H]2c2cc(C)no2)c1. The topological polar surface area (TPSA) is 76.8 Å². The number of carbonyl (C=O) groups is 1. The molecule has 0 unspecified atom stereocenters. The first-order valence-corrected chi connectivity index (χ1v) is 8.42. The average molecular weight is 345 g/mol. The Labute approximate surface area is 146 Å². The van der Waals surface area contributed by atoms with E-state index in [1.54, 1.807) is 12.0 Å². The molecule has 3 rings (SSSR count). The Morgan fingerprint density at radius 1 is 1.40 bits per heavy atom. The zero-order valence-electron chi connectivity index (χ0n) is 14.5. The maximum absolute atomic E-state index is 12.4. The fourth-order valence-electron chi connectivity index (χ4n) is 2.97. The molecular weight excluding hydrogens is 322 g/mol. The second kappa shape index (κ2) is 7.92. The minimum atomic E-state index is -0.106. The minimum Gasteiger partial charge on any atom is -0.497 e. The highest BCUT2D eigenvalue weighted by Crippen LogP contribution is 2.32. The Morgan fingerprint density at radius 3 is 3.00 bits per heavy atom. The Morgan fingerprint density at radius 2 is 2.24 bits per heavy atom. The van der Waals surface area contributed by atoms with Gasteiger partial charge in [-0.1, -0.05) is 11.2 Å². The van der Waals surface area contributed by atoms with Gasteiger partial charge in [-0.05, 0) is 31.9 Å². The molecule has 134 valence electrons. The summed E-state index contributed by atoms with van der Waals surface area (Å²) in [5, 5.41) is 6.81. The maximum Gasteiger partial charge on any atom is 0.318 e. The predicted octanol–water partition coefficient (Wildman–Crippen LogP) is 2.92. The molecule has 25 heavy (non-hydrogen) atoms. The molecule has 1 aliphatic heterocycles. The van der Waals surface area contributed by atoms with Gasteiger partial charge in [-0.2, -0.15) is 0 Å². The third-order valence-corrected chi connectivity index (χ3v) is 4.18. The predicted molar refractivity (Wildman–Crippen MR) is 91.8 cm³/mol. The van der Waals surface area contributed by atoms with E-state index in [2.05, 4.69) is 10.5 Å². The number of urea groups is 1. The lowest BCUT2D eigenvalue weighted by atomic mass is 10.1. The largest absolute Gasteiger partial charge is 0.497 e. The van der Waals surface area contributed by atoms with E-state index >= 15 is 0 Å². The van der Waals surface area contributed by atoms with Crippen molar-refractivity contribution in [2.75, 3.05) is 26.8 Å². The molecule has 1 aliphatic rings. The average Bonchev–Trinajstić information content (AvgIpc) is 3.27. The van der Waals surface area contributed by atoms with E-state index in [1.165, 1.54) is 0 Å². The summed E-state index contributed by atoms with van der Waals surface area (Å²) in [5.74, 6) is 2.20. The number of nitrogens with zero attached hydrogens (tertiary/aromatic N) is 2. The standard InChI is InChI=1S/C18H23N3O4/c1-13-11-17(25-20-13)16-7-4-9-21(16)18(22)19-8-10-24-15-6-3-5-14(12-15)23-2/h3,5-6,11-12,16H,4,7-10H2,1-2H3,(H,19,22)/t16-/m1/s1. The Hall–Kier alpha value is -2.70. The number of amides is 2. The minimum absolute atomic E-state index is 0.0412. The molecule has 0 radical (unpaired) electrons. The van der Waals surface area contributed by atoms with Gasteiger partial charge in [0.15, 0.2) is 5.76 Å². The van der Waals surface area contributed by atoms with E-state index in [0.29, 0.717) is 25.4 Å². The van der Waals surface area contributed by atoms with E-state index in [0.717, 1.165) is 30.0 Å². The van der Waals surface area contributed by atoms with Gasteiger partial charge in [0.05, 0.1) is 25.4 Å². The van der Waals surface area contributed by atoms with Crippen molar-refractivity contribution in [1.82, 2.24) is 15.4 Å². The fourth-order valence-corrected chi connectivity index (χ4v) is 2.97. The van der Waals surface area contributed by atoms with Crippen LogP contribution in [0.2, 0.25) is 0 Å². The first kappa shape index (κ1) is 17.1. The van der Waals surface area contributed by atoms with Crippen LogP contribution in [0.1, 0.15) is 30.3 Å². The molecule has 2 aromatic rings. The van der Waals surface area contributed by atoms with E-state index in [4.69, 9.17) is 14.0 Å². The molecule has 1 saturated heterocycles. The quantitative estimate of drug-likeness (QED) is 0.815. The van der Waals surface area contributed by atoms with Crippen LogP contribution in [0.4, 0.5) is 4.79 Å². The van der Waals surface area contributed by atoms with Gasteiger partial charge in [0.25, 0.3) is 0 Å². The third-order valence-electron chi connectivity index (χ3n) is 4.18. The molecule has 1 N–H and O–H groups in total. The summed E-state index contributed by atoms with van der Waals surface area (Å²) in [4.78, 5) is 14.2. The Balaban J connectivity index is 1.47. The maximum atomic E-state index is 12.4. The van der Waals surface area contributed by atoms with Crippen LogP contribution in [0, 0.1) is 6.92 Å². The van der Waals surface area contributed by atoms with Crippen molar-refractivity contribution in [3.63, 3.8) is 0 Å². The van der Waals surface area contributed by atoms with Crippen LogP contribution in [0.5, 0.6) is 11.5 Å². The highest BCUT2D eigenvalue weighted by atomic mass is 16.5. The normalized spacial score (nSPS) is 16.7. The first-order chi connectivity index (χ1) is 12.2. The number of nitrogens with one attached hydrogen (secondary N) is 1. The molecule has 0 saturated carbocycles. The van der Waals surface area contributed by atoms with Crippen molar-refractivity contribution in [2.45, 2.75) is 25.8 Å². The number of aryl methyl sites for hydroxylation is 1. The van der Waals surface area contributed by atoms with Gasteiger partial charge in [-0.15, -0.1) is 0 Å². The van der Waals surface area contributed by atoms with Crippen LogP contribution in [0.15, 0.2) is 34.9 Å². The lowest BCUT2D eigenvalue weighted by Crippen LogP contribution is -2.41. The van der Waals surface area contributed by atoms with Gasteiger partial charge in [0.1, 0.15) is 18.1 Å². The molecule has 7 heteroatoms. The zero-order valence-corrected chi connectivity index (χ0v) is 14.5. The van der Waals surface area contributed by atoms with Crippen LogP contribution >= 0.6 is 0 Å². The van der Waals surface area contributed by atoms with Gasteiger partial charge in [-0.25, -0.2) is 4.79 Å². The van der Waals surface area contributed by atoms with Crippen LogP contribution in [-0.4, -0.2) is 42.9 Å². The molecule has 2 amide bonds.